The van der Waals surface area contributed by atoms with Crippen LogP contribution in [0.5, 0.6) is 0 Å². The van der Waals surface area contributed by atoms with Gasteiger partial charge >= 0.3 is 6.03 Å². The van der Waals surface area contributed by atoms with E-state index >= 15 is 0 Å². The second-order valence-electron chi connectivity index (χ2n) is 6.41. The molecule has 0 aromatic heterocycles. The Hall–Kier alpha value is -2.37. The fourth-order valence-corrected chi connectivity index (χ4v) is 2.42. The molecule has 1 aromatic carbocycles. The number of carbonyl (C=O) groups excluding carboxylic acids is 3. The second kappa shape index (κ2) is 6.40. The van der Waals surface area contributed by atoms with Crippen LogP contribution in [0.3, 0.4) is 0 Å². The Morgan fingerprint density at radius 2 is 1.83 bits per heavy atom. The fourth-order valence-electron chi connectivity index (χ4n) is 2.42. The maximum Gasteiger partial charge on any atom is 0.325 e. The van der Waals surface area contributed by atoms with Crippen LogP contribution in [0.25, 0.3) is 0 Å². The SMILES string of the molecule is CC(C)[C@H](C)NC(=O)CN1C(=O)N[C@@](C)(c2ccccc2)C1=O. The standard InChI is InChI=1S/C17H23N3O3/c1-11(2)12(3)18-14(21)10-20-15(22)17(4,19-16(20)23)13-8-6-5-7-9-13/h5-9,11-12H,10H2,1-4H3,(H,18,21)(H,19,23)/t12-,17-/m0/s1. The lowest BCUT2D eigenvalue weighted by Gasteiger charge is -2.22. The van der Waals surface area contributed by atoms with E-state index in [4.69, 9.17) is 0 Å². The van der Waals surface area contributed by atoms with E-state index in [-0.39, 0.29) is 24.4 Å². The Balaban J connectivity index is 2.12. The smallest absolute Gasteiger partial charge is 0.325 e. The van der Waals surface area contributed by atoms with E-state index in [2.05, 4.69) is 10.6 Å². The van der Waals surface area contributed by atoms with Gasteiger partial charge in [-0.15, -0.1) is 0 Å². The number of hydrogen-bond acceptors (Lipinski definition) is 3. The summed E-state index contributed by atoms with van der Waals surface area (Å²) in [6, 6.07) is 8.44. The van der Waals surface area contributed by atoms with E-state index in [1.807, 2.05) is 26.8 Å². The van der Waals surface area contributed by atoms with E-state index in [1.165, 1.54) is 0 Å². The van der Waals surface area contributed by atoms with Gasteiger partial charge in [0.15, 0.2) is 0 Å². The summed E-state index contributed by atoms with van der Waals surface area (Å²) in [5.41, 5.74) is -0.445. The molecule has 23 heavy (non-hydrogen) atoms. The number of nitrogens with one attached hydrogen (secondary N) is 2. The summed E-state index contributed by atoms with van der Waals surface area (Å²) in [5.74, 6) is -0.482. The van der Waals surface area contributed by atoms with Gasteiger partial charge < -0.3 is 10.6 Å². The van der Waals surface area contributed by atoms with Crippen LogP contribution in [0.15, 0.2) is 30.3 Å². The summed E-state index contributed by atoms with van der Waals surface area (Å²) in [5, 5.41) is 5.49. The molecule has 2 N–H and O–H groups in total. The first-order valence-electron chi connectivity index (χ1n) is 7.74. The van der Waals surface area contributed by atoms with Gasteiger partial charge in [-0.05, 0) is 25.3 Å². The summed E-state index contributed by atoms with van der Waals surface area (Å²) in [4.78, 5) is 37.8. The maximum absolute atomic E-state index is 12.7. The van der Waals surface area contributed by atoms with Crippen LogP contribution >= 0.6 is 0 Å². The van der Waals surface area contributed by atoms with Crippen molar-refractivity contribution in [2.75, 3.05) is 6.54 Å². The van der Waals surface area contributed by atoms with Gasteiger partial charge in [-0.1, -0.05) is 44.2 Å². The summed E-state index contributed by atoms with van der Waals surface area (Å²) in [6.07, 6.45) is 0. The van der Waals surface area contributed by atoms with Crippen LogP contribution in [-0.4, -0.2) is 35.3 Å². The van der Waals surface area contributed by atoms with Gasteiger partial charge in [-0.2, -0.15) is 0 Å². The second-order valence-corrected chi connectivity index (χ2v) is 6.41. The van der Waals surface area contributed by atoms with Crippen LogP contribution in [0.2, 0.25) is 0 Å². The molecule has 6 nitrogen and oxygen atoms in total. The quantitative estimate of drug-likeness (QED) is 0.810. The van der Waals surface area contributed by atoms with Crippen molar-refractivity contribution in [3.05, 3.63) is 35.9 Å². The predicted octanol–water partition coefficient (Wildman–Crippen LogP) is 1.61. The zero-order valence-electron chi connectivity index (χ0n) is 13.9. The van der Waals surface area contributed by atoms with Crippen molar-refractivity contribution in [2.45, 2.75) is 39.3 Å². The zero-order chi connectivity index (χ0) is 17.2. The third-order valence-corrected chi connectivity index (χ3v) is 4.32. The third-order valence-electron chi connectivity index (χ3n) is 4.32. The van der Waals surface area contributed by atoms with Crippen molar-refractivity contribution in [1.82, 2.24) is 15.5 Å². The molecular formula is C17H23N3O3. The van der Waals surface area contributed by atoms with Crippen LogP contribution in [0.1, 0.15) is 33.3 Å². The lowest BCUT2D eigenvalue weighted by molar-refractivity contribution is -0.135. The Morgan fingerprint density at radius 1 is 1.22 bits per heavy atom. The molecule has 0 aliphatic carbocycles. The lowest BCUT2D eigenvalue weighted by Crippen LogP contribution is -2.45. The zero-order valence-corrected chi connectivity index (χ0v) is 13.9. The monoisotopic (exact) mass is 317 g/mol. The van der Waals surface area contributed by atoms with E-state index in [0.29, 0.717) is 5.56 Å². The molecule has 124 valence electrons. The fraction of sp³-hybridized carbons (Fsp3) is 0.471. The molecule has 1 aromatic rings. The van der Waals surface area contributed by atoms with Crippen molar-refractivity contribution in [3.8, 4) is 0 Å². The maximum atomic E-state index is 12.7. The Kier molecular flexibility index (Phi) is 4.73. The molecule has 4 amide bonds. The van der Waals surface area contributed by atoms with Gasteiger partial charge in [0.1, 0.15) is 12.1 Å². The minimum Gasteiger partial charge on any atom is -0.352 e. The van der Waals surface area contributed by atoms with Crippen molar-refractivity contribution in [2.24, 2.45) is 5.92 Å². The van der Waals surface area contributed by atoms with Crippen molar-refractivity contribution in [3.63, 3.8) is 0 Å². The molecule has 0 unspecified atom stereocenters. The normalized spacial score (nSPS) is 22.2. The minimum atomic E-state index is -1.14. The first-order chi connectivity index (χ1) is 10.8. The van der Waals surface area contributed by atoms with E-state index in [0.717, 1.165) is 4.90 Å². The molecule has 0 bridgehead atoms. The first-order valence-corrected chi connectivity index (χ1v) is 7.74. The number of rotatable bonds is 5. The third kappa shape index (κ3) is 3.36. The van der Waals surface area contributed by atoms with Crippen LogP contribution in [-0.2, 0) is 15.1 Å². The van der Waals surface area contributed by atoms with Crippen LogP contribution in [0, 0.1) is 5.92 Å². The number of imide groups is 1. The van der Waals surface area contributed by atoms with Gasteiger partial charge in [-0.25, -0.2) is 4.79 Å². The Morgan fingerprint density at radius 3 is 2.39 bits per heavy atom. The highest BCUT2D eigenvalue weighted by Crippen LogP contribution is 2.28. The average molecular weight is 317 g/mol. The van der Waals surface area contributed by atoms with Crippen LogP contribution in [0.4, 0.5) is 4.79 Å². The number of carbonyl (C=O) groups is 3. The summed E-state index contributed by atoms with van der Waals surface area (Å²) in [6.45, 7) is 7.25. The number of urea groups is 1. The molecule has 0 spiro atoms. The first kappa shape index (κ1) is 17.0. The van der Waals surface area contributed by atoms with Crippen molar-refractivity contribution >= 4 is 17.8 Å². The lowest BCUT2D eigenvalue weighted by atomic mass is 9.92. The van der Waals surface area contributed by atoms with Gasteiger partial charge in [0.2, 0.25) is 5.91 Å². The van der Waals surface area contributed by atoms with E-state index in [1.54, 1.807) is 31.2 Å². The van der Waals surface area contributed by atoms with Gasteiger partial charge in [0.25, 0.3) is 5.91 Å². The number of amides is 4. The summed E-state index contributed by atoms with van der Waals surface area (Å²) in [7, 11) is 0. The van der Waals surface area contributed by atoms with E-state index < -0.39 is 17.5 Å². The largest absolute Gasteiger partial charge is 0.352 e. The topological polar surface area (TPSA) is 78.5 Å². The number of benzene rings is 1. The number of nitrogens with zero attached hydrogens (tertiary/aromatic N) is 1. The molecule has 1 heterocycles. The summed E-state index contributed by atoms with van der Waals surface area (Å²) < 4.78 is 0. The predicted molar refractivity (Wildman–Crippen MR) is 86.5 cm³/mol. The Labute approximate surface area is 136 Å². The minimum absolute atomic E-state index is 0.0243. The molecule has 1 aliphatic rings. The average Bonchev–Trinajstić information content (AvgIpc) is 2.72. The van der Waals surface area contributed by atoms with Crippen molar-refractivity contribution in [1.29, 1.82) is 0 Å². The highest BCUT2D eigenvalue weighted by Gasteiger charge is 2.49. The molecule has 0 radical (unpaired) electrons. The van der Waals surface area contributed by atoms with E-state index in [9.17, 15) is 14.4 Å². The van der Waals surface area contributed by atoms with Crippen LogP contribution < -0.4 is 10.6 Å². The molecule has 6 heteroatoms. The molecular weight excluding hydrogens is 294 g/mol. The molecule has 2 rings (SSSR count). The Bertz CT molecular complexity index is 615. The molecule has 1 aliphatic heterocycles. The van der Waals surface area contributed by atoms with Crippen molar-refractivity contribution < 1.29 is 14.4 Å². The molecule has 1 fully saturated rings. The molecule has 0 saturated carbocycles. The summed E-state index contributed by atoms with van der Waals surface area (Å²) >= 11 is 0. The molecule has 1 saturated heterocycles. The van der Waals surface area contributed by atoms with Gasteiger partial charge in [0, 0.05) is 6.04 Å². The number of hydrogen-bond donors (Lipinski definition) is 2. The highest BCUT2D eigenvalue weighted by molar-refractivity contribution is 6.09. The van der Waals surface area contributed by atoms with Gasteiger partial charge in [0.05, 0.1) is 0 Å². The molecule has 2 atom stereocenters. The van der Waals surface area contributed by atoms with Gasteiger partial charge in [-0.3, -0.25) is 14.5 Å². The highest BCUT2D eigenvalue weighted by atomic mass is 16.2.